The Kier molecular flexibility index (Phi) is 3.97. The topological polar surface area (TPSA) is 68.5 Å². The first-order chi connectivity index (χ1) is 9.20. The molecular weight excluding hydrogens is 246 g/mol. The Morgan fingerprint density at radius 2 is 2.11 bits per heavy atom. The molecular formula is C14H13NO4. The number of Topliss-reactive ketones (excluding diaryl/α,β-unsaturated/α-hetero) is 1. The zero-order valence-electron chi connectivity index (χ0n) is 10.4. The van der Waals surface area contributed by atoms with Gasteiger partial charge < -0.3 is 14.5 Å². The lowest BCUT2D eigenvalue weighted by Crippen LogP contribution is -2.29. The number of nitrogens with one attached hydrogen (secondary N) is 1. The third kappa shape index (κ3) is 3.22. The predicted molar refractivity (Wildman–Crippen MR) is 68.4 cm³/mol. The standard InChI is InChI=1S/C14H13NO4/c1-18-11-5-2-4-10(8-11)12(16)9-15-14(17)13-6-3-7-19-13/h2-8H,9H2,1H3,(H,15,17). The minimum atomic E-state index is -0.416. The molecule has 0 unspecified atom stereocenters. The van der Waals surface area contributed by atoms with Crippen molar-refractivity contribution >= 4 is 11.7 Å². The summed E-state index contributed by atoms with van der Waals surface area (Å²) in [6, 6.07) is 9.91. The van der Waals surface area contributed by atoms with E-state index in [2.05, 4.69) is 5.32 Å². The van der Waals surface area contributed by atoms with E-state index in [9.17, 15) is 9.59 Å². The fraction of sp³-hybridized carbons (Fsp3) is 0.143. The van der Waals surface area contributed by atoms with Crippen LogP contribution in [0.3, 0.4) is 0 Å². The highest BCUT2D eigenvalue weighted by atomic mass is 16.5. The molecule has 0 atom stereocenters. The van der Waals surface area contributed by atoms with Crippen molar-refractivity contribution in [3.63, 3.8) is 0 Å². The van der Waals surface area contributed by atoms with Gasteiger partial charge in [-0.1, -0.05) is 12.1 Å². The van der Waals surface area contributed by atoms with Crippen molar-refractivity contribution in [3.8, 4) is 5.75 Å². The highest BCUT2D eigenvalue weighted by Crippen LogP contribution is 2.12. The van der Waals surface area contributed by atoms with E-state index in [0.717, 1.165) is 0 Å². The molecule has 0 aliphatic heterocycles. The van der Waals surface area contributed by atoms with E-state index in [4.69, 9.17) is 9.15 Å². The second-order valence-electron chi connectivity index (χ2n) is 3.82. The Morgan fingerprint density at radius 3 is 2.79 bits per heavy atom. The van der Waals surface area contributed by atoms with Gasteiger partial charge in [0, 0.05) is 5.56 Å². The van der Waals surface area contributed by atoms with Crippen LogP contribution in [-0.4, -0.2) is 25.3 Å². The molecule has 98 valence electrons. The average Bonchev–Trinajstić information content (AvgIpc) is 2.98. The van der Waals surface area contributed by atoms with Gasteiger partial charge in [0.1, 0.15) is 5.75 Å². The number of amides is 1. The number of benzene rings is 1. The SMILES string of the molecule is COc1cccc(C(=O)CNC(=O)c2ccco2)c1. The number of hydrogen-bond donors (Lipinski definition) is 1. The number of hydrogen-bond acceptors (Lipinski definition) is 4. The van der Waals surface area contributed by atoms with Crippen LogP contribution in [0, 0.1) is 0 Å². The first-order valence-corrected chi connectivity index (χ1v) is 5.69. The molecule has 19 heavy (non-hydrogen) atoms. The maximum absolute atomic E-state index is 11.9. The average molecular weight is 259 g/mol. The van der Waals surface area contributed by atoms with Crippen LogP contribution in [0.25, 0.3) is 0 Å². The van der Waals surface area contributed by atoms with Crippen LogP contribution in [0.1, 0.15) is 20.9 Å². The van der Waals surface area contributed by atoms with Crippen molar-refractivity contribution in [1.82, 2.24) is 5.32 Å². The van der Waals surface area contributed by atoms with Gasteiger partial charge in [0.2, 0.25) is 0 Å². The predicted octanol–water partition coefficient (Wildman–Crippen LogP) is 1.90. The van der Waals surface area contributed by atoms with Gasteiger partial charge in [-0.2, -0.15) is 0 Å². The minimum absolute atomic E-state index is 0.0906. The second kappa shape index (κ2) is 5.86. The highest BCUT2D eigenvalue weighted by molar-refractivity contribution is 6.01. The van der Waals surface area contributed by atoms with E-state index >= 15 is 0 Å². The molecule has 5 heteroatoms. The molecule has 1 N–H and O–H groups in total. The summed E-state index contributed by atoms with van der Waals surface area (Å²) >= 11 is 0. The molecule has 2 rings (SSSR count). The lowest BCUT2D eigenvalue weighted by Gasteiger charge is -2.05. The van der Waals surface area contributed by atoms with Gasteiger partial charge in [-0.05, 0) is 24.3 Å². The van der Waals surface area contributed by atoms with Crippen molar-refractivity contribution in [2.45, 2.75) is 0 Å². The second-order valence-corrected chi connectivity index (χ2v) is 3.82. The summed E-state index contributed by atoms with van der Waals surface area (Å²) in [6.07, 6.45) is 1.40. The summed E-state index contributed by atoms with van der Waals surface area (Å²) in [5, 5.41) is 2.50. The van der Waals surface area contributed by atoms with E-state index in [0.29, 0.717) is 11.3 Å². The van der Waals surface area contributed by atoms with Crippen LogP contribution < -0.4 is 10.1 Å². The lowest BCUT2D eigenvalue weighted by atomic mass is 10.1. The Balaban J connectivity index is 1.96. The smallest absolute Gasteiger partial charge is 0.287 e. The summed E-state index contributed by atoms with van der Waals surface area (Å²) < 4.78 is 9.96. The monoisotopic (exact) mass is 259 g/mol. The van der Waals surface area contributed by atoms with Gasteiger partial charge in [-0.15, -0.1) is 0 Å². The van der Waals surface area contributed by atoms with Crippen molar-refractivity contribution in [2.24, 2.45) is 0 Å². The van der Waals surface area contributed by atoms with Crippen LogP contribution in [0.5, 0.6) is 5.75 Å². The Hall–Kier alpha value is -2.56. The maximum Gasteiger partial charge on any atom is 0.287 e. The third-order valence-electron chi connectivity index (χ3n) is 2.55. The summed E-state index contributed by atoms with van der Waals surface area (Å²) in [6.45, 7) is -0.0906. The number of ether oxygens (including phenoxy) is 1. The zero-order chi connectivity index (χ0) is 13.7. The van der Waals surface area contributed by atoms with Gasteiger partial charge in [-0.3, -0.25) is 9.59 Å². The Morgan fingerprint density at radius 1 is 1.26 bits per heavy atom. The third-order valence-corrected chi connectivity index (χ3v) is 2.55. The van der Waals surface area contributed by atoms with Gasteiger partial charge >= 0.3 is 0 Å². The molecule has 0 aliphatic rings. The summed E-state index contributed by atoms with van der Waals surface area (Å²) in [5.41, 5.74) is 0.485. The van der Waals surface area contributed by atoms with E-state index in [1.54, 1.807) is 30.3 Å². The zero-order valence-corrected chi connectivity index (χ0v) is 10.4. The van der Waals surface area contributed by atoms with Crippen molar-refractivity contribution in [2.75, 3.05) is 13.7 Å². The van der Waals surface area contributed by atoms with E-state index in [1.807, 2.05) is 0 Å². The molecule has 1 amide bonds. The van der Waals surface area contributed by atoms with Gasteiger partial charge in [-0.25, -0.2) is 0 Å². The van der Waals surface area contributed by atoms with E-state index in [-0.39, 0.29) is 18.1 Å². The van der Waals surface area contributed by atoms with Crippen LogP contribution in [0.4, 0.5) is 0 Å². The molecule has 0 spiro atoms. The molecule has 1 aromatic heterocycles. The molecule has 2 aromatic rings. The summed E-state index contributed by atoms with van der Waals surface area (Å²) in [5.74, 6) is 0.168. The van der Waals surface area contributed by atoms with Crippen LogP contribution >= 0.6 is 0 Å². The highest BCUT2D eigenvalue weighted by Gasteiger charge is 2.11. The lowest BCUT2D eigenvalue weighted by molar-refractivity contribution is 0.0885. The summed E-state index contributed by atoms with van der Waals surface area (Å²) in [4.78, 5) is 23.5. The maximum atomic E-state index is 11.9. The van der Waals surface area contributed by atoms with Crippen molar-refractivity contribution in [3.05, 3.63) is 54.0 Å². The van der Waals surface area contributed by atoms with Crippen LogP contribution in [-0.2, 0) is 0 Å². The molecule has 1 heterocycles. The number of furan rings is 1. The number of rotatable bonds is 5. The van der Waals surface area contributed by atoms with Crippen molar-refractivity contribution < 1.29 is 18.7 Å². The first-order valence-electron chi connectivity index (χ1n) is 5.69. The quantitative estimate of drug-likeness (QED) is 0.833. The molecule has 0 radical (unpaired) electrons. The van der Waals surface area contributed by atoms with Crippen LogP contribution in [0.2, 0.25) is 0 Å². The normalized spacial score (nSPS) is 9.95. The fourth-order valence-electron chi connectivity index (χ4n) is 1.55. The molecule has 1 aromatic carbocycles. The number of carbonyl (C=O) groups is 2. The summed E-state index contributed by atoms with van der Waals surface area (Å²) in [7, 11) is 1.53. The largest absolute Gasteiger partial charge is 0.497 e. The van der Waals surface area contributed by atoms with E-state index in [1.165, 1.54) is 19.4 Å². The van der Waals surface area contributed by atoms with Gasteiger partial charge in [0.15, 0.2) is 11.5 Å². The van der Waals surface area contributed by atoms with Gasteiger partial charge in [0.25, 0.3) is 5.91 Å². The van der Waals surface area contributed by atoms with E-state index < -0.39 is 5.91 Å². The molecule has 5 nitrogen and oxygen atoms in total. The minimum Gasteiger partial charge on any atom is -0.497 e. The Labute approximate surface area is 110 Å². The Bertz CT molecular complexity index is 575. The van der Waals surface area contributed by atoms with Gasteiger partial charge in [0.05, 0.1) is 19.9 Å². The van der Waals surface area contributed by atoms with Crippen molar-refractivity contribution in [1.29, 1.82) is 0 Å². The van der Waals surface area contributed by atoms with Crippen LogP contribution in [0.15, 0.2) is 47.1 Å². The number of ketones is 1. The fourth-order valence-corrected chi connectivity index (χ4v) is 1.55. The number of carbonyl (C=O) groups excluding carboxylic acids is 2. The molecule has 0 aliphatic carbocycles. The molecule has 0 saturated carbocycles. The molecule has 0 saturated heterocycles. The number of methoxy groups -OCH3 is 1. The molecule has 0 fully saturated rings. The molecule has 0 bridgehead atoms. The first kappa shape index (κ1) is 12.9.